The van der Waals surface area contributed by atoms with Crippen LogP contribution in [-0.2, 0) is 25.7 Å². The van der Waals surface area contributed by atoms with E-state index in [0.29, 0.717) is 58.1 Å². The second kappa shape index (κ2) is 15.2. The maximum absolute atomic E-state index is 12.4. The minimum atomic E-state index is -1.02. The van der Waals surface area contributed by atoms with Gasteiger partial charge in [-0.25, -0.2) is 4.79 Å². The van der Waals surface area contributed by atoms with Gasteiger partial charge in [0.1, 0.15) is 0 Å². The predicted molar refractivity (Wildman–Crippen MR) is 132 cm³/mol. The number of aliphatic carboxylic acids is 3. The Labute approximate surface area is 221 Å². The lowest BCUT2D eigenvalue weighted by Gasteiger charge is -2.32. The van der Waals surface area contributed by atoms with Crippen molar-refractivity contribution in [3.63, 3.8) is 0 Å². The summed E-state index contributed by atoms with van der Waals surface area (Å²) in [6.45, 7) is 5.65. The van der Waals surface area contributed by atoms with E-state index < -0.39 is 23.9 Å². The Morgan fingerprint density at radius 1 is 0.789 bits per heavy atom. The number of carbonyl (C=O) groups excluding carboxylic acids is 1. The summed E-state index contributed by atoms with van der Waals surface area (Å²) in [6.07, 6.45) is 1.03. The molecule has 0 bridgehead atoms. The van der Waals surface area contributed by atoms with Crippen molar-refractivity contribution in [3.05, 3.63) is 29.6 Å². The van der Waals surface area contributed by atoms with Crippen LogP contribution >= 0.6 is 0 Å². The van der Waals surface area contributed by atoms with E-state index in [4.69, 9.17) is 4.74 Å². The van der Waals surface area contributed by atoms with Gasteiger partial charge in [-0.15, -0.1) is 0 Å². The van der Waals surface area contributed by atoms with E-state index in [1.807, 2.05) is 4.90 Å². The molecule has 0 unspecified atom stereocenters. The Balaban J connectivity index is 2.26. The molecule has 0 spiro atoms. The lowest BCUT2D eigenvalue weighted by molar-refractivity contribution is -0.910. The summed E-state index contributed by atoms with van der Waals surface area (Å²) in [5.41, 5.74) is 0.671. The molecule has 1 aromatic rings. The second-order valence-corrected chi connectivity index (χ2v) is 9.49. The Bertz CT molecular complexity index is 943. The lowest BCUT2D eigenvalue weighted by Crippen LogP contribution is -2.49. The zero-order chi connectivity index (χ0) is 28.2. The van der Waals surface area contributed by atoms with Crippen LogP contribution < -0.4 is 4.73 Å². The zero-order valence-electron chi connectivity index (χ0n) is 21.9. The molecule has 1 fully saturated rings. The number of nitrogens with zero attached hydrogens (tertiary/aromatic N) is 5. The summed E-state index contributed by atoms with van der Waals surface area (Å²) >= 11 is 0. The van der Waals surface area contributed by atoms with Crippen LogP contribution in [0.4, 0.5) is 0 Å². The SMILES string of the molecule is CC(C)OC(=O)c1cc[n+](O)c(CN2CCN(CC(=O)O)CCN(CC(=O)O)CCN(CC(=O)O)CC2)c1. The molecule has 2 heterocycles. The van der Waals surface area contributed by atoms with Crippen molar-refractivity contribution in [3.8, 4) is 0 Å². The molecule has 0 amide bonds. The van der Waals surface area contributed by atoms with Crippen molar-refractivity contribution in [1.82, 2.24) is 19.6 Å². The van der Waals surface area contributed by atoms with Gasteiger partial charge in [-0.05, 0) is 13.8 Å². The Morgan fingerprint density at radius 3 is 1.55 bits per heavy atom. The van der Waals surface area contributed by atoms with E-state index in [1.165, 1.54) is 18.3 Å². The van der Waals surface area contributed by atoms with Crippen molar-refractivity contribution >= 4 is 23.9 Å². The van der Waals surface area contributed by atoms with Crippen molar-refractivity contribution < 1.29 is 49.2 Å². The van der Waals surface area contributed by atoms with Gasteiger partial charge in [0.05, 0.1) is 37.8 Å². The fourth-order valence-corrected chi connectivity index (χ4v) is 4.08. The lowest BCUT2D eigenvalue weighted by atomic mass is 10.2. The summed E-state index contributed by atoms with van der Waals surface area (Å²) in [4.78, 5) is 53.6. The number of aromatic nitrogens is 1. The molecule has 0 aliphatic carbocycles. The third-order valence-corrected chi connectivity index (χ3v) is 5.98. The number of carbonyl (C=O) groups is 4. The first-order valence-electron chi connectivity index (χ1n) is 12.4. The van der Waals surface area contributed by atoms with Crippen LogP contribution in [0.3, 0.4) is 0 Å². The minimum Gasteiger partial charge on any atom is -0.480 e. The third kappa shape index (κ3) is 11.4. The molecule has 38 heavy (non-hydrogen) atoms. The molecule has 4 N–H and O–H groups in total. The molecule has 1 aromatic heterocycles. The van der Waals surface area contributed by atoms with Crippen molar-refractivity contribution in [2.75, 3.05) is 72.0 Å². The number of pyridine rings is 1. The number of rotatable bonds is 10. The van der Waals surface area contributed by atoms with Gasteiger partial charge < -0.3 is 20.1 Å². The molecule has 2 rings (SSSR count). The van der Waals surface area contributed by atoms with Crippen LogP contribution in [0.2, 0.25) is 0 Å². The van der Waals surface area contributed by atoms with Gasteiger partial charge in [0, 0.05) is 69.2 Å². The van der Waals surface area contributed by atoms with Gasteiger partial charge >= 0.3 is 23.9 Å². The topological polar surface area (TPSA) is 175 Å². The fraction of sp³-hybridized carbons (Fsp3) is 0.625. The number of hydrogen-bond acceptors (Lipinski definition) is 10. The van der Waals surface area contributed by atoms with Gasteiger partial charge in [0.25, 0.3) is 0 Å². The minimum absolute atomic E-state index is 0.201. The molecule has 14 heteroatoms. The maximum Gasteiger partial charge on any atom is 0.338 e. The molecule has 1 saturated heterocycles. The van der Waals surface area contributed by atoms with E-state index in [0.717, 1.165) is 4.73 Å². The van der Waals surface area contributed by atoms with Crippen molar-refractivity contribution in [2.24, 2.45) is 0 Å². The number of ether oxygens (including phenoxy) is 1. The van der Waals surface area contributed by atoms with E-state index in [-0.39, 0.29) is 37.8 Å². The number of esters is 1. The molecule has 0 atom stereocenters. The first-order valence-corrected chi connectivity index (χ1v) is 12.4. The monoisotopic (exact) mass is 540 g/mol. The highest BCUT2D eigenvalue weighted by Crippen LogP contribution is 2.09. The third-order valence-electron chi connectivity index (χ3n) is 5.98. The van der Waals surface area contributed by atoms with Gasteiger partial charge in [-0.3, -0.25) is 39.2 Å². The highest BCUT2D eigenvalue weighted by atomic mass is 16.5. The quantitative estimate of drug-likeness (QED) is 0.158. The van der Waals surface area contributed by atoms with Crippen LogP contribution in [0.1, 0.15) is 29.9 Å². The van der Waals surface area contributed by atoms with Gasteiger partial charge in [0.2, 0.25) is 11.9 Å². The van der Waals surface area contributed by atoms with Crippen molar-refractivity contribution in [1.29, 1.82) is 0 Å². The molecule has 1 aliphatic rings. The van der Waals surface area contributed by atoms with Crippen LogP contribution in [0, 0.1) is 0 Å². The standard InChI is InChI=1S/C24H37N5O9/c1-18(2)38-24(36)19-3-4-29(37)20(13-19)14-25-5-7-26(15-21(30)31)9-11-28(17-23(34)35)12-10-27(8-6-25)16-22(32)33/h3-4,13,18H,5-12,14-17H2,1-2H3,(H3-,30,31,32,33,34,35,36,37)/p+1. The number of hydrogen-bond donors (Lipinski definition) is 4. The highest BCUT2D eigenvalue weighted by molar-refractivity contribution is 5.89. The number of carboxylic acids is 3. The van der Waals surface area contributed by atoms with Gasteiger partial charge in [-0.1, -0.05) is 0 Å². The largest absolute Gasteiger partial charge is 0.480 e. The van der Waals surface area contributed by atoms with E-state index in [9.17, 15) is 39.7 Å². The van der Waals surface area contributed by atoms with E-state index in [2.05, 4.69) is 0 Å². The number of carboxylic acid groups (broad SMARTS) is 3. The van der Waals surface area contributed by atoms with E-state index >= 15 is 0 Å². The molecule has 14 nitrogen and oxygen atoms in total. The summed E-state index contributed by atoms with van der Waals surface area (Å²) < 4.78 is 6.14. The smallest absolute Gasteiger partial charge is 0.338 e. The fourth-order valence-electron chi connectivity index (χ4n) is 4.08. The summed E-state index contributed by atoms with van der Waals surface area (Å²) in [5.74, 6) is -3.56. The second-order valence-electron chi connectivity index (χ2n) is 9.49. The predicted octanol–water partition coefficient (Wildman–Crippen LogP) is -1.25. The maximum atomic E-state index is 12.4. The first-order chi connectivity index (χ1) is 17.9. The normalized spacial score (nSPS) is 17.4. The molecule has 0 aromatic carbocycles. The first kappa shape index (κ1) is 30.9. The molecular weight excluding hydrogens is 502 g/mol. The Morgan fingerprint density at radius 2 is 1.18 bits per heavy atom. The van der Waals surface area contributed by atoms with Gasteiger partial charge in [0.15, 0.2) is 0 Å². The van der Waals surface area contributed by atoms with Crippen LogP contribution in [-0.4, -0.2) is 142 Å². The molecule has 1 aliphatic heterocycles. The summed E-state index contributed by atoms with van der Waals surface area (Å²) in [6, 6.07) is 2.96. The summed E-state index contributed by atoms with van der Waals surface area (Å²) in [5, 5.41) is 38.4. The Kier molecular flexibility index (Phi) is 12.3. The molecule has 0 saturated carbocycles. The Hall–Kier alpha value is -3.33. The van der Waals surface area contributed by atoms with Crippen LogP contribution in [0.15, 0.2) is 18.3 Å². The molecular formula is C24H38N5O9+. The molecule has 0 radical (unpaired) electrons. The summed E-state index contributed by atoms with van der Waals surface area (Å²) in [7, 11) is 0. The zero-order valence-corrected chi connectivity index (χ0v) is 21.9. The average Bonchev–Trinajstić information content (AvgIpc) is 2.80. The highest BCUT2D eigenvalue weighted by Gasteiger charge is 2.23. The van der Waals surface area contributed by atoms with Gasteiger partial charge in [-0.2, -0.15) is 0 Å². The van der Waals surface area contributed by atoms with Crippen LogP contribution in [0.25, 0.3) is 0 Å². The average molecular weight is 541 g/mol. The van der Waals surface area contributed by atoms with Crippen molar-refractivity contribution in [2.45, 2.75) is 26.5 Å². The van der Waals surface area contributed by atoms with Crippen LogP contribution in [0.5, 0.6) is 0 Å². The van der Waals surface area contributed by atoms with E-state index in [1.54, 1.807) is 28.5 Å². The molecule has 212 valence electrons.